The molecule has 1 saturated heterocycles. The number of nitrogens with zero attached hydrogens (tertiary/aromatic N) is 1. The fourth-order valence-electron chi connectivity index (χ4n) is 2.89. The zero-order chi connectivity index (χ0) is 20.0. The van der Waals surface area contributed by atoms with Crippen LogP contribution in [0.4, 0.5) is 4.39 Å². The number of esters is 2. The number of ether oxygens (including phenoxy) is 2. The Balaban J connectivity index is 2.17. The van der Waals surface area contributed by atoms with Gasteiger partial charge in [-0.05, 0) is 38.8 Å². The van der Waals surface area contributed by atoms with Crippen molar-refractivity contribution in [3.63, 3.8) is 0 Å². The van der Waals surface area contributed by atoms with Crippen LogP contribution in [0.25, 0.3) is 0 Å². The molecule has 0 bridgehead atoms. The molecular formula is C18H24FNO6S. The van der Waals surface area contributed by atoms with E-state index in [1.807, 2.05) is 6.92 Å². The third-order valence-corrected chi connectivity index (χ3v) is 6.20. The lowest BCUT2D eigenvalue weighted by atomic mass is 10.2. The lowest BCUT2D eigenvalue weighted by molar-refractivity contribution is -0.170. The summed E-state index contributed by atoms with van der Waals surface area (Å²) in [6.07, 6.45) is -0.957. The van der Waals surface area contributed by atoms with Gasteiger partial charge in [-0.25, -0.2) is 13.2 Å². The Hall–Kier alpha value is -2.00. The molecule has 1 aliphatic rings. The van der Waals surface area contributed by atoms with Crippen LogP contribution in [0.2, 0.25) is 0 Å². The van der Waals surface area contributed by atoms with Crippen molar-refractivity contribution in [2.45, 2.75) is 50.2 Å². The maximum Gasteiger partial charge on any atom is 0.347 e. The molecule has 2 rings (SSSR count). The van der Waals surface area contributed by atoms with E-state index in [-0.39, 0.29) is 30.9 Å². The number of alkyl halides is 1. The predicted octanol–water partition coefficient (Wildman–Crippen LogP) is 1.98. The van der Waals surface area contributed by atoms with Gasteiger partial charge in [-0.2, -0.15) is 4.31 Å². The highest BCUT2D eigenvalue weighted by molar-refractivity contribution is 7.89. The van der Waals surface area contributed by atoms with Crippen LogP contribution in [0.5, 0.6) is 0 Å². The number of aryl methyl sites for hydroxylation is 1. The van der Waals surface area contributed by atoms with E-state index in [2.05, 4.69) is 0 Å². The van der Waals surface area contributed by atoms with E-state index < -0.39 is 40.8 Å². The quantitative estimate of drug-likeness (QED) is 0.619. The average Bonchev–Trinajstić information content (AvgIpc) is 3.12. The molecule has 2 atom stereocenters. The summed E-state index contributed by atoms with van der Waals surface area (Å²) in [6, 6.07) is 5.27. The highest BCUT2D eigenvalue weighted by Gasteiger charge is 2.41. The van der Waals surface area contributed by atoms with Gasteiger partial charge in [-0.15, -0.1) is 0 Å². The highest BCUT2D eigenvalue weighted by atomic mass is 32.2. The van der Waals surface area contributed by atoms with E-state index >= 15 is 0 Å². The minimum atomic E-state index is -3.89. The van der Waals surface area contributed by atoms with Crippen molar-refractivity contribution in [2.75, 3.05) is 19.8 Å². The van der Waals surface area contributed by atoms with Gasteiger partial charge >= 0.3 is 11.9 Å². The van der Waals surface area contributed by atoms with Crippen molar-refractivity contribution in [3.05, 3.63) is 29.8 Å². The molecule has 1 aromatic rings. The maximum atomic E-state index is 12.9. The Morgan fingerprint density at radius 2 is 1.96 bits per heavy atom. The number of benzene rings is 1. The summed E-state index contributed by atoms with van der Waals surface area (Å²) in [7, 11) is -3.89. The van der Waals surface area contributed by atoms with Gasteiger partial charge in [0, 0.05) is 13.0 Å². The molecule has 0 saturated carbocycles. The number of carbonyl (C=O) groups excluding carboxylic acids is 2. The summed E-state index contributed by atoms with van der Waals surface area (Å²) in [5.74, 6) is -1.70. The molecule has 0 N–H and O–H groups in total. The van der Waals surface area contributed by atoms with Crippen LogP contribution in [0.1, 0.15) is 31.7 Å². The van der Waals surface area contributed by atoms with E-state index in [9.17, 15) is 22.4 Å². The summed E-state index contributed by atoms with van der Waals surface area (Å²) in [4.78, 5) is 24.4. The van der Waals surface area contributed by atoms with Crippen molar-refractivity contribution < 1.29 is 31.9 Å². The van der Waals surface area contributed by atoms with Crippen molar-refractivity contribution in [1.29, 1.82) is 0 Å². The molecule has 1 fully saturated rings. The van der Waals surface area contributed by atoms with Crippen LogP contribution in [-0.4, -0.2) is 56.6 Å². The lowest BCUT2D eigenvalue weighted by Gasteiger charge is -2.24. The molecule has 0 spiro atoms. The number of halogens is 1. The van der Waals surface area contributed by atoms with E-state index in [0.717, 1.165) is 9.87 Å². The topological polar surface area (TPSA) is 90.0 Å². The molecule has 0 aromatic heterocycles. The number of hydrogen-bond donors (Lipinski definition) is 0. The second kappa shape index (κ2) is 9.27. The Morgan fingerprint density at radius 1 is 1.30 bits per heavy atom. The molecule has 1 heterocycles. The van der Waals surface area contributed by atoms with Crippen LogP contribution in [0, 0.1) is 6.92 Å². The van der Waals surface area contributed by atoms with Gasteiger partial charge in [0.25, 0.3) is 0 Å². The minimum absolute atomic E-state index is 0.0660. The number of rotatable bonds is 8. The first-order chi connectivity index (χ1) is 12.8. The Bertz CT molecular complexity index is 765. The van der Waals surface area contributed by atoms with Crippen LogP contribution in [0.15, 0.2) is 29.2 Å². The van der Waals surface area contributed by atoms with Crippen LogP contribution >= 0.6 is 0 Å². The molecule has 0 aliphatic carbocycles. The zero-order valence-electron chi connectivity index (χ0n) is 15.4. The maximum absolute atomic E-state index is 12.9. The average molecular weight is 401 g/mol. The van der Waals surface area contributed by atoms with Gasteiger partial charge in [-0.3, -0.25) is 9.18 Å². The minimum Gasteiger partial charge on any atom is -0.463 e. The van der Waals surface area contributed by atoms with Gasteiger partial charge in [0.05, 0.1) is 18.2 Å². The normalized spacial score (nSPS) is 18.9. The number of carbonyl (C=O) groups is 2. The Morgan fingerprint density at radius 3 is 2.56 bits per heavy atom. The van der Waals surface area contributed by atoms with Gasteiger partial charge in [0.15, 0.2) is 0 Å². The number of sulfonamides is 1. The monoisotopic (exact) mass is 401 g/mol. The highest BCUT2D eigenvalue weighted by Crippen LogP contribution is 2.27. The van der Waals surface area contributed by atoms with Gasteiger partial charge in [0.2, 0.25) is 16.1 Å². The third kappa shape index (κ3) is 5.04. The van der Waals surface area contributed by atoms with Gasteiger partial charge < -0.3 is 9.47 Å². The van der Waals surface area contributed by atoms with Crippen molar-refractivity contribution in [3.8, 4) is 0 Å². The molecule has 1 aliphatic heterocycles. The van der Waals surface area contributed by atoms with Crippen molar-refractivity contribution >= 4 is 22.0 Å². The molecule has 1 aromatic carbocycles. The van der Waals surface area contributed by atoms with Gasteiger partial charge in [-0.1, -0.05) is 17.7 Å². The van der Waals surface area contributed by atoms with Crippen LogP contribution < -0.4 is 0 Å². The fourth-order valence-corrected chi connectivity index (χ4v) is 4.53. The first kappa shape index (κ1) is 21.3. The van der Waals surface area contributed by atoms with Crippen LogP contribution in [-0.2, 0) is 29.1 Å². The van der Waals surface area contributed by atoms with Crippen LogP contribution in [0.3, 0.4) is 0 Å². The van der Waals surface area contributed by atoms with Gasteiger partial charge in [0.1, 0.15) is 6.04 Å². The molecule has 27 heavy (non-hydrogen) atoms. The van der Waals surface area contributed by atoms with E-state index in [1.54, 1.807) is 19.1 Å². The molecule has 1 unspecified atom stereocenters. The third-order valence-electron chi connectivity index (χ3n) is 4.28. The first-order valence-electron chi connectivity index (χ1n) is 8.82. The Kier molecular flexibility index (Phi) is 7.32. The standard InChI is InChI=1S/C18H24FNO6S/c1-3-25-18(22)16(10-11-19)26-17(21)15-5-4-12-20(15)27(23,24)14-8-6-13(2)7-9-14/h6-9,15-16H,3-5,10-12H2,1-2H3/t15-,16?/m1/s1. The van der Waals surface area contributed by atoms with Crippen molar-refractivity contribution in [1.82, 2.24) is 4.31 Å². The smallest absolute Gasteiger partial charge is 0.347 e. The molecule has 0 radical (unpaired) electrons. The van der Waals surface area contributed by atoms with E-state index in [0.29, 0.717) is 6.42 Å². The summed E-state index contributed by atoms with van der Waals surface area (Å²) >= 11 is 0. The van der Waals surface area contributed by atoms with E-state index in [4.69, 9.17) is 9.47 Å². The molecule has 9 heteroatoms. The first-order valence-corrected chi connectivity index (χ1v) is 10.3. The Labute approximate surface area is 158 Å². The number of hydrogen-bond acceptors (Lipinski definition) is 6. The summed E-state index contributed by atoms with van der Waals surface area (Å²) in [6.45, 7) is 2.79. The van der Waals surface area contributed by atoms with E-state index in [1.165, 1.54) is 12.1 Å². The molecular weight excluding hydrogens is 377 g/mol. The largest absolute Gasteiger partial charge is 0.463 e. The second-order valence-corrected chi connectivity index (χ2v) is 8.13. The molecule has 0 amide bonds. The SMILES string of the molecule is CCOC(=O)C(CCF)OC(=O)[C@H]1CCCN1S(=O)(=O)c1ccc(C)cc1. The summed E-state index contributed by atoms with van der Waals surface area (Å²) in [5.41, 5.74) is 0.912. The summed E-state index contributed by atoms with van der Waals surface area (Å²) in [5, 5.41) is 0. The lowest BCUT2D eigenvalue weighted by Crippen LogP contribution is -2.43. The molecule has 7 nitrogen and oxygen atoms in total. The fraction of sp³-hybridized carbons (Fsp3) is 0.556. The summed E-state index contributed by atoms with van der Waals surface area (Å²) < 4.78 is 49.4. The predicted molar refractivity (Wildman–Crippen MR) is 95.2 cm³/mol. The second-order valence-electron chi connectivity index (χ2n) is 6.24. The zero-order valence-corrected chi connectivity index (χ0v) is 16.2. The molecule has 150 valence electrons. The van der Waals surface area contributed by atoms with Crippen molar-refractivity contribution in [2.24, 2.45) is 0 Å².